The Morgan fingerprint density at radius 3 is 2.73 bits per heavy atom. The van der Waals surface area contributed by atoms with E-state index in [1.54, 1.807) is 0 Å². The molecule has 5 heteroatoms. The fourth-order valence-electron chi connectivity index (χ4n) is 5.71. The molecule has 2 bridgehead atoms. The fourth-order valence-corrected chi connectivity index (χ4v) is 7.63. The lowest BCUT2D eigenvalue weighted by Crippen LogP contribution is -2.47. The van der Waals surface area contributed by atoms with Crippen LogP contribution >= 0.6 is 0 Å². The van der Waals surface area contributed by atoms with Gasteiger partial charge in [-0.2, -0.15) is 0 Å². The molecule has 0 aromatic heterocycles. The Balaban J connectivity index is 1.39. The van der Waals surface area contributed by atoms with Gasteiger partial charge in [0.2, 0.25) is 10.0 Å². The van der Waals surface area contributed by atoms with Crippen molar-refractivity contribution in [3.05, 3.63) is 41.5 Å². The summed E-state index contributed by atoms with van der Waals surface area (Å²) in [5.41, 5.74) is 1.89. The molecule has 0 saturated heterocycles. The zero-order valence-corrected chi connectivity index (χ0v) is 16.4. The molecule has 0 spiro atoms. The molecule has 0 heterocycles. The Labute approximate surface area is 156 Å². The van der Waals surface area contributed by atoms with Crippen molar-refractivity contribution in [2.75, 3.05) is 12.3 Å². The van der Waals surface area contributed by atoms with Crippen molar-refractivity contribution < 1.29 is 13.5 Å². The van der Waals surface area contributed by atoms with Crippen LogP contribution in [0.2, 0.25) is 0 Å². The smallest absolute Gasteiger partial charge is 0.212 e. The van der Waals surface area contributed by atoms with Gasteiger partial charge in [-0.3, -0.25) is 0 Å². The summed E-state index contributed by atoms with van der Waals surface area (Å²) in [6.07, 6.45) is 7.11. The van der Waals surface area contributed by atoms with E-state index in [1.165, 1.54) is 11.1 Å². The molecule has 0 amide bonds. The van der Waals surface area contributed by atoms with Crippen LogP contribution in [-0.4, -0.2) is 31.9 Å². The largest absolute Gasteiger partial charge is 0.392 e. The van der Waals surface area contributed by atoms with E-state index in [0.29, 0.717) is 12.5 Å². The van der Waals surface area contributed by atoms with Gasteiger partial charge in [-0.25, -0.2) is 13.1 Å². The van der Waals surface area contributed by atoms with Gasteiger partial charge in [0.25, 0.3) is 0 Å². The highest BCUT2D eigenvalue weighted by atomic mass is 32.2. The van der Waals surface area contributed by atoms with E-state index in [2.05, 4.69) is 42.9 Å². The highest BCUT2D eigenvalue weighted by Gasteiger charge is 2.64. The highest BCUT2D eigenvalue weighted by Crippen LogP contribution is 2.66. The van der Waals surface area contributed by atoms with Gasteiger partial charge in [-0.1, -0.05) is 50.3 Å². The van der Waals surface area contributed by atoms with Crippen molar-refractivity contribution in [2.24, 2.45) is 16.7 Å². The monoisotopic (exact) mass is 375 g/mol. The summed E-state index contributed by atoms with van der Waals surface area (Å²) in [5, 5.41) is 10.6. The van der Waals surface area contributed by atoms with Gasteiger partial charge in [-0.05, 0) is 48.1 Å². The van der Waals surface area contributed by atoms with Gasteiger partial charge >= 0.3 is 0 Å². The third kappa shape index (κ3) is 2.76. The summed E-state index contributed by atoms with van der Waals surface area (Å²) in [6.45, 7) is 4.70. The van der Waals surface area contributed by atoms with E-state index in [1.807, 2.05) is 12.1 Å². The second-order valence-corrected chi connectivity index (χ2v) is 10.7. The highest BCUT2D eigenvalue weighted by molar-refractivity contribution is 7.89. The van der Waals surface area contributed by atoms with Gasteiger partial charge in [-0.15, -0.1) is 0 Å². The maximum Gasteiger partial charge on any atom is 0.212 e. The van der Waals surface area contributed by atoms with Crippen molar-refractivity contribution in [1.82, 2.24) is 4.72 Å². The van der Waals surface area contributed by atoms with Crippen LogP contribution in [0.1, 0.15) is 56.6 Å². The number of hydrogen-bond acceptors (Lipinski definition) is 3. The van der Waals surface area contributed by atoms with Crippen LogP contribution in [0.4, 0.5) is 0 Å². The minimum atomic E-state index is -3.42. The molecule has 0 radical (unpaired) electrons. The Hall–Kier alpha value is -1.17. The number of aliphatic hydroxyl groups excluding tert-OH is 1. The predicted octanol–water partition coefficient (Wildman–Crippen LogP) is 3.29. The lowest BCUT2D eigenvalue weighted by atomic mass is 9.70. The number of benzene rings is 1. The predicted molar refractivity (Wildman–Crippen MR) is 104 cm³/mol. The van der Waals surface area contributed by atoms with Crippen molar-refractivity contribution >= 4 is 16.1 Å². The number of aliphatic hydroxyl groups is 1. The van der Waals surface area contributed by atoms with Crippen molar-refractivity contribution in [2.45, 2.75) is 51.6 Å². The molecule has 3 aliphatic carbocycles. The van der Waals surface area contributed by atoms with E-state index in [9.17, 15) is 13.5 Å². The first-order valence-corrected chi connectivity index (χ1v) is 11.3. The second kappa shape index (κ2) is 6.18. The number of sulfonamides is 1. The molecular formula is C21H29NO3S. The number of fused-ring (bicyclic) bond motifs is 3. The number of hydrogen-bond donors (Lipinski definition) is 2. The van der Waals surface area contributed by atoms with Crippen molar-refractivity contribution in [3.63, 3.8) is 0 Å². The summed E-state index contributed by atoms with van der Waals surface area (Å²) >= 11 is 0. The minimum Gasteiger partial charge on any atom is -0.392 e. The van der Waals surface area contributed by atoms with Gasteiger partial charge in [0, 0.05) is 17.9 Å². The Kier molecular flexibility index (Phi) is 4.33. The third-order valence-corrected chi connectivity index (χ3v) is 9.06. The molecule has 0 aliphatic heterocycles. The zero-order chi connectivity index (χ0) is 18.6. The van der Waals surface area contributed by atoms with Gasteiger partial charge in [0.05, 0.1) is 11.9 Å². The number of rotatable bonds is 6. The van der Waals surface area contributed by atoms with E-state index in [0.717, 1.165) is 25.7 Å². The quantitative estimate of drug-likeness (QED) is 0.802. The van der Waals surface area contributed by atoms with Crippen LogP contribution in [0.15, 0.2) is 30.3 Å². The number of nitrogens with one attached hydrogen (secondary N) is 1. The second-order valence-electron chi connectivity index (χ2n) is 8.90. The van der Waals surface area contributed by atoms with Crippen LogP contribution in [0.25, 0.3) is 6.08 Å². The normalized spacial score (nSPS) is 34.3. The SMILES string of the molecule is CC1(C)[C@H]2CC[C@]1(CS(=O)(=O)NCCC1C=Cc3ccccc31)[C@@H](O)C2. The first-order chi connectivity index (χ1) is 12.3. The molecule has 1 aromatic carbocycles. The van der Waals surface area contributed by atoms with E-state index in [4.69, 9.17) is 0 Å². The molecule has 4 rings (SSSR count). The molecular weight excluding hydrogens is 346 g/mol. The molecule has 3 aliphatic rings. The molecule has 4 atom stereocenters. The lowest BCUT2D eigenvalue weighted by molar-refractivity contribution is 0.0152. The first-order valence-electron chi connectivity index (χ1n) is 9.68. The van der Waals surface area contributed by atoms with Crippen LogP contribution in [0, 0.1) is 16.7 Å². The van der Waals surface area contributed by atoms with Crippen LogP contribution in [0.5, 0.6) is 0 Å². The number of allylic oxidation sites excluding steroid dienone is 1. The van der Waals surface area contributed by atoms with E-state index < -0.39 is 21.5 Å². The Morgan fingerprint density at radius 2 is 2.04 bits per heavy atom. The summed E-state index contributed by atoms with van der Waals surface area (Å²) in [4.78, 5) is 0. The summed E-state index contributed by atoms with van der Waals surface area (Å²) < 4.78 is 28.4. The standard InChI is InChI=1S/C21H29NO3S/c1-20(2)17-9-11-21(20,19(23)13-17)14-26(24,25)22-12-10-16-8-7-15-5-3-4-6-18(15)16/h3-8,16-17,19,22-23H,9-14H2,1-2H3/t16?,17-,19-,21-/m0/s1. The molecule has 2 fully saturated rings. The molecule has 26 heavy (non-hydrogen) atoms. The van der Waals surface area contributed by atoms with Gasteiger partial charge < -0.3 is 5.11 Å². The van der Waals surface area contributed by atoms with Crippen molar-refractivity contribution in [1.29, 1.82) is 0 Å². The summed E-state index contributed by atoms with van der Waals surface area (Å²) in [7, 11) is -3.42. The van der Waals surface area contributed by atoms with E-state index in [-0.39, 0.29) is 17.1 Å². The zero-order valence-electron chi connectivity index (χ0n) is 15.6. The molecule has 4 nitrogen and oxygen atoms in total. The average molecular weight is 376 g/mol. The molecule has 1 unspecified atom stereocenters. The maximum atomic E-state index is 12.8. The molecule has 1 aromatic rings. The summed E-state index contributed by atoms with van der Waals surface area (Å²) in [6, 6.07) is 8.26. The molecule has 2 N–H and O–H groups in total. The van der Waals surface area contributed by atoms with Crippen LogP contribution in [-0.2, 0) is 10.0 Å². The molecule has 2 saturated carbocycles. The Morgan fingerprint density at radius 1 is 1.27 bits per heavy atom. The maximum absolute atomic E-state index is 12.8. The van der Waals surface area contributed by atoms with Gasteiger partial charge in [0.1, 0.15) is 0 Å². The Bertz CT molecular complexity index is 829. The van der Waals surface area contributed by atoms with Crippen molar-refractivity contribution in [3.8, 4) is 0 Å². The summed E-state index contributed by atoms with van der Waals surface area (Å²) in [5.74, 6) is 0.756. The minimum absolute atomic E-state index is 0.0434. The third-order valence-electron chi connectivity index (χ3n) is 7.52. The topological polar surface area (TPSA) is 66.4 Å². The average Bonchev–Trinajstić information content (AvgIpc) is 3.14. The van der Waals surface area contributed by atoms with Gasteiger partial charge in [0.15, 0.2) is 0 Å². The fraction of sp³-hybridized carbons (Fsp3) is 0.619. The lowest BCUT2D eigenvalue weighted by Gasteiger charge is -2.40. The first kappa shape index (κ1) is 18.2. The molecule has 142 valence electrons. The van der Waals surface area contributed by atoms with E-state index >= 15 is 0 Å². The van der Waals surface area contributed by atoms with Crippen LogP contribution < -0.4 is 4.72 Å². The van der Waals surface area contributed by atoms with Crippen LogP contribution in [0.3, 0.4) is 0 Å².